The highest BCUT2D eigenvalue weighted by Gasteiger charge is 2.14. The quantitative estimate of drug-likeness (QED) is 0.372. The Bertz CT molecular complexity index is 1150. The average molecular weight is 475 g/mol. The molecule has 4 rings (SSSR count). The molecule has 0 spiro atoms. The fourth-order valence-electron chi connectivity index (χ4n) is 3.72. The van der Waals surface area contributed by atoms with E-state index < -0.39 is 0 Å². The lowest BCUT2D eigenvalue weighted by Gasteiger charge is -2.26. The molecule has 0 atom stereocenters. The van der Waals surface area contributed by atoms with Crippen molar-refractivity contribution in [3.8, 4) is 22.5 Å². The molecule has 10 nitrogen and oxygen atoms in total. The maximum atomic E-state index is 12.0. The van der Waals surface area contributed by atoms with Gasteiger partial charge in [-0.1, -0.05) is 12.1 Å². The number of carbonyl (C=O) groups is 1. The van der Waals surface area contributed by atoms with Crippen molar-refractivity contribution < 1.29 is 9.53 Å². The number of guanidine groups is 1. The molecule has 0 saturated carbocycles. The molecule has 0 radical (unpaired) electrons. The number of hydrogen-bond donors (Lipinski definition) is 3. The summed E-state index contributed by atoms with van der Waals surface area (Å²) < 4.78 is 5.42. The largest absolute Gasteiger partial charge is 0.379 e. The highest BCUT2D eigenvalue weighted by Crippen LogP contribution is 2.31. The van der Waals surface area contributed by atoms with Crippen molar-refractivity contribution in [3.05, 3.63) is 60.7 Å². The van der Waals surface area contributed by atoms with E-state index in [-0.39, 0.29) is 6.03 Å². The second-order valence-electron chi connectivity index (χ2n) is 7.94. The number of hydrogen-bond acceptors (Lipinski definition) is 7. The molecular weight excluding hydrogens is 444 g/mol. The number of benzene rings is 1. The first-order valence-corrected chi connectivity index (χ1v) is 11.6. The molecule has 3 N–H and O–H groups in total. The fourth-order valence-corrected chi connectivity index (χ4v) is 3.72. The lowest BCUT2D eigenvalue weighted by molar-refractivity contribution is 0.0336. The highest BCUT2D eigenvalue weighted by atomic mass is 16.5. The third-order valence-electron chi connectivity index (χ3n) is 5.52. The lowest BCUT2D eigenvalue weighted by Crippen LogP contribution is -2.42. The van der Waals surface area contributed by atoms with E-state index in [0.717, 1.165) is 55.2 Å². The van der Waals surface area contributed by atoms with Gasteiger partial charge in [-0.05, 0) is 36.8 Å². The van der Waals surface area contributed by atoms with Crippen LogP contribution in [0, 0.1) is 0 Å². The zero-order chi connectivity index (χ0) is 24.5. The molecule has 3 heterocycles. The molecule has 0 bridgehead atoms. The molecule has 10 heteroatoms. The number of aliphatic imine (C=N–C) groups is 1. The summed E-state index contributed by atoms with van der Waals surface area (Å²) >= 11 is 0. The number of amides is 2. The Morgan fingerprint density at radius 1 is 1.09 bits per heavy atom. The number of ether oxygens (including phenoxy) is 1. The molecule has 3 aromatic rings. The Balaban J connectivity index is 1.58. The van der Waals surface area contributed by atoms with Crippen LogP contribution in [-0.4, -0.2) is 71.7 Å². The van der Waals surface area contributed by atoms with Gasteiger partial charge in [0, 0.05) is 62.9 Å². The molecule has 1 aliphatic heterocycles. The second kappa shape index (κ2) is 12.0. The summed E-state index contributed by atoms with van der Waals surface area (Å²) in [4.78, 5) is 32.0. The molecule has 1 aliphatic rings. The molecule has 182 valence electrons. The van der Waals surface area contributed by atoms with Gasteiger partial charge in [0.1, 0.15) is 0 Å². The van der Waals surface area contributed by atoms with E-state index in [1.165, 1.54) is 0 Å². The monoisotopic (exact) mass is 474 g/mol. The summed E-state index contributed by atoms with van der Waals surface area (Å²) in [5.74, 6) is 0.872. The lowest BCUT2D eigenvalue weighted by atomic mass is 10.0. The van der Waals surface area contributed by atoms with Crippen molar-refractivity contribution in [3.63, 3.8) is 0 Å². The Morgan fingerprint density at radius 3 is 2.54 bits per heavy atom. The van der Waals surface area contributed by atoms with E-state index in [0.29, 0.717) is 24.0 Å². The van der Waals surface area contributed by atoms with Crippen LogP contribution >= 0.6 is 0 Å². The van der Waals surface area contributed by atoms with Gasteiger partial charge in [-0.3, -0.25) is 20.2 Å². The zero-order valence-electron chi connectivity index (χ0n) is 20.0. The number of anilines is 1. The van der Waals surface area contributed by atoms with Crippen LogP contribution < -0.4 is 16.0 Å². The fraction of sp³-hybridized carbons (Fsp3) is 0.320. The maximum absolute atomic E-state index is 12.0. The van der Waals surface area contributed by atoms with Crippen LogP contribution in [0.2, 0.25) is 0 Å². The normalized spacial score (nSPS) is 14.4. The number of nitrogens with one attached hydrogen (secondary N) is 3. The zero-order valence-corrected chi connectivity index (χ0v) is 20.0. The van der Waals surface area contributed by atoms with Gasteiger partial charge in [0.2, 0.25) is 5.96 Å². The van der Waals surface area contributed by atoms with Gasteiger partial charge in [-0.25, -0.2) is 14.8 Å². The predicted octanol–water partition coefficient (Wildman–Crippen LogP) is 2.75. The van der Waals surface area contributed by atoms with Crippen molar-refractivity contribution >= 4 is 17.7 Å². The van der Waals surface area contributed by atoms with Crippen LogP contribution in [0.5, 0.6) is 0 Å². The first-order chi connectivity index (χ1) is 17.2. The van der Waals surface area contributed by atoms with Crippen molar-refractivity contribution in [1.29, 1.82) is 0 Å². The predicted molar refractivity (Wildman–Crippen MR) is 136 cm³/mol. The Labute approximate surface area is 204 Å². The van der Waals surface area contributed by atoms with Crippen LogP contribution in [0.3, 0.4) is 0 Å². The Morgan fingerprint density at radius 2 is 1.86 bits per heavy atom. The van der Waals surface area contributed by atoms with E-state index in [1.54, 1.807) is 25.5 Å². The van der Waals surface area contributed by atoms with E-state index in [2.05, 4.69) is 52.9 Å². The molecule has 0 aliphatic carbocycles. The maximum Gasteiger partial charge on any atom is 0.321 e. The van der Waals surface area contributed by atoms with Crippen molar-refractivity contribution in [1.82, 2.24) is 30.5 Å². The topological polar surface area (TPSA) is 117 Å². The number of pyridine rings is 1. The van der Waals surface area contributed by atoms with E-state index in [1.807, 2.05) is 31.3 Å². The van der Waals surface area contributed by atoms with E-state index in [9.17, 15) is 4.79 Å². The van der Waals surface area contributed by atoms with Crippen molar-refractivity contribution in [2.24, 2.45) is 4.99 Å². The molecule has 2 amide bonds. The van der Waals surface area contributed by atoms with Crippen molar-refractivity contribution in [2.75, 3.05) is 45.2 Å². The molecule has 35 heavy (non-hydrogen) atoms. The van der Waals surface area contributed by atoms with Gasteiger partial charge in [-0.2, -0.15) is 0 Å². The molecular formula is C25H30N8O2. The van der Waals surface area contributed by atoms with Gasteiger partial charge in [0.05, 0.1) is 24.6 Å². The minimum Gasteiger partial charge on any atom is -0.379 e. The van der Waals surface area contributed by atoms with Gasteiger partial charge >= 0.3 is 6.03 Å². The van der Waals surface area contributed by atoms with Gasteiger partial charge < -0.3 is 15.4 Å². The number of carbonyl (C=O) groups excluding carboxylic acids is 1. The third-order valence-corrected chi connectivity index (χ3v) is 5.52. The summed E-state index contributed by atoms with van der Waals surface area (Å²) in [6.07, 6.45) is 5.29. The number of nitrogens with zero attached hydrogens (tertiary/aromatic N) is 5. The Kier molecular flexibility index (Phi) is 8.31. The minimum absolute atomic E-state index is 0.315. The summed E-state index contributed by atoms with van der Waals surface area (Å²) in [5, 5.41) is 8.58. The molecule has 1 aromatic carbocycles. The first kappa shape index (κ1) is 24.2. The van der Waals surface area contributed by atoms with Crippen LogP contribution in [0.25, 0.3) is 22.5 Å². The standard InChI is InChI=1S/C25H30N8O2/c1-3-27-25(34)32-24(26-2)31-22-8-6-18(15-21(22)23-28-9-4-10-29-23)19-5-7-20(30-16-19)17-33-11-13-35-14-12-33/h4-10,15-16H,3,11-14,17H2,1-2H3,(H3,26,27,31,32,34). The number of aromatic nitrogens is 3. The molecule has 2 aromatic heterocycles. The van der Waals surface area contributed by atoms with Crippen LogP contribution in [-0.2, 0) is 11.3 Å². The smallest absolute Gasteiger partial charge is 0.321 e. The van der Waals surface area contributed by atoms with E-state index in [4.69, 9.17) is 4.74 Å². The summed E-state index contributed by atoms with van der Waals surface area (Å²) in [6, 6.07) is 11.5. The van der Waals surface area contributed by atoms with Gasteiger partial charge in [-0.15, -0.1) is 0 Å². The Hall–Kier alpha value is -3.89. The summed E-state index contributed by atoms with van der Waals surface area (Å²) in [7, 11) is 1.60. The van der Waals surface area contributed by atoms with Crippen LogP contribution in [0.1, 0.15) is 12.6 Å². The molecule has 0 unspecified atom stereocenters. The number of morpholine rings is 1. The van der Waals surface area contributed by atoms with Gasteiger partial charge in [0.15, 0.2) is 5.82 Å². The van der Waals surface area contributed by atoms with E-state index >= 15 is 0 Å². The SMILES string of the molecule is CCNC(=O)NC(=NC)Nc1ccc(-c2ccc(CN3CCOCC3)nc2)cc1-c1ncccn1. The van der Waals surface area contributed by atoms with Crippen LogP contribution in [0.15, 0.2) is 60.0 Å². The summed E-state index contributed by atoms with van der Waals surface area (Å²) in [6.45, 7) is 6.57. The third kappa shape index (κ3) is 6.58. The summed E-state index contributed by atoms with van der Waals surface area (Å²) in [5.41, 5.74) is 4.49. The number of rotatable bonds is 6. The average Bonchev–Trinajstić information content (AvgIpc) is 2.90. The minimum atomic E-state index is -0.335. The first-order valence-electron chi connectivity index (χ1n) is 11.6. The number of urea groups is 1. The second-order valence-corrected chi connectivity index (χ2v) is 7.94. The molecule has 1 saturated heterocycles. The van der Waals surface area contributed by atoms with Crippen LogP contribution in [0.4, 0.5) is 10.5 Å². The van der Waals surface area contributed by atoms with Gasteiger partial charge in [0.25, 0.3) is 0 Å². The van der Waals surface area contributed by atoms with Crippen molar-refractivity contribution in [2.45, 2.75) is 13.5 Å². The molecule has 1 fully saturated rings. The highest BCUT2D eigenvalue weighted by molar-refractivity contribution is 6.05.